The molecular formula is C9H10BrFN2O3S. The minimum Gasteiger partial charge on any atom is -0.378 e. The molecule has 8 heteroatoms. The maximum atomic E-state index is 12.8. The van der Waals surface area contributed by atoms with Crippen molar-refractivity contribution < 1.29 is 17.0 Å². The van der Waals surface area contributed by atoms with Crippen molar-refractivity contribution in [1.82, 2.24) is 4.98 Å². The van der Waals surface area contributed by atoms with E-state index in [1.54, 1.807) is 6.07 Å². The van der Waals surface area contributed by atoms with Crippen LogP contribution in [0.15, 0.2) is 21.8 Å². The van der Waals surface area contributed by atoms with Gasteiger partial charge in [0, 0.05) is 13.1 Å². The predicted octanol–water partition coefficient (Wildman–Crippen LogP) is 1.34. The molecule has 0 saturated carbocycles. The molecule has 0 radical (unpaired) electrons. The molecule has 1 aromatic heterocycles. The number of pyridine rings is 1. The highest BCUT2D eigenvalue weighted by molar-refractivity contribution is 9.10. The van der Waals surface area contributed by atoms with E-state index in [-0.39, 0.29) is 4.47 Å². The smallest absolute Gasteiger partial charge is 0.350 e. The number of morpholine rings is 1. The Kier molecular flexibility index (Phi) is 3.64. The van der Waals surface area contributed by atoms with Crippen LogP contribution in [0.2, 0.25) is 0 Å². The van der Waals surface area contributed by atoms with Gasteiger partial charge in [-0.05, 0) is 22.0 Å². The molecule has 0 amide bonds. The van der Waals surface area contributed by atoms with Crippen LogP contribution >= 0.6 is 15.9 Å². The highest BCUT2D eigenvalue weighted by Gasteiger charge is 2.20. The van der Waals surface area contributed by atoms with Gasteiger partial charge in [0.05, 0.1) is 29.6 Å². The molecule has 1 aliphatic heterocycles. The minimum atomic E-state index is -4.78. The molecule has 17 heavy (non-hydrogen) atoms. The van der Waals surface area contributed by atoms with Crippen molar-refractivity contribution in [3.63, 3.8) is 0 Å². The normalized spacial score (nSPS) is 17.2. The third-order valence-electron chi connectivity index (χ3n) is 2.40. The first-order valence-corrected chi connectivity index (χ1v) is 7.09. The molecule has 0 spiro atoms. The third kappa shape index (κ3) is 2.93. The van der Waals surface area contributed by atoms with Gasteiger partial charge in [-0.15, -0.1) is 0 Å². The van der Waals surface area contributed by atoms with Gasteiger partial charge in [-0.3, -0.25) is 0 Å². The summed E-state index contributed by atoms with van der Waals surface area (Å²) in [5.41, 5.74) is 0.743. The van der Waals surface area contributed by atoms with E-state index in [0.29, 0.717) is 26.3 Å². The summed E-state index contributed by atoms with van der Waals surface area (Å²) < 4.78 is 39.6. The molecule has 1 saturated heterocycles. The first-order valence-electron chi connectivity index (χ1n) is 4.91. The fraction of sp³-hybridized carbons (Fsp3) is 0.444. The summed E-state index contributed by atoms with van der Waals surface area (Å²) in [7, 11) is -4.78. The van der Waals surface area contributed by atoms with E-state index in [1.807, 2.05) is 4.90 Å². The van der Waals surface area contributed by atoms with Crippen molar-refractivity contribution in [3.05, 3.63) is 16.7 Å². The maximum Gasteiger partial charge on any atom is 0.350 e. The van der Waals surface area contributed by atoms with Crippen molar-refractivity contribution in [2.75, 3.05) is 31.2 Å². The molecule has 0 N–H and O–H groups in total. The molecule has 5 nitrogen and oxygen atoms in total. The van der Waals surface area contributed by atoms with Crippen molar-refractivity contribution in [1.29, 1.82) is 0 Å². The lowest BCUT2D eigenvalue weighted by molar-refractivity contribution is 0.122. The largest absolute Gasteiger partial charge is 0.378 e. The van der Waals surface area contributed by atoms with Crippen LogP contribution in [0, 0.1) is 0 Å². The average Bonchev–Trinajstić information content (AvgIpc) is 2.28. The lowest BCUT2D eigenvalue weighted by Gasteiger charge is -2.28. The summed E-state index contributed by atoms with van der Waals surface area (Å²) in [6.07, 6.45) is 1.35. The Hall–Kier alpha value is -0.730. The van der Waals surface area contributed by atoms with Gasteiger partial charge in [-0.2, -0.15) is 8.42 Å². The van der Waals surface area contributed by atoms with Gasteiger partial charge < -0.3 is 9.64 Å². The van der Waals surface area contributed by atoms with Crippen LogP contribution in [0.3, 0.4) is 0 Å². The molecule has 2 heterocycles. The van der Waals surface area contributed by atoms with E-state index >= 15 is 0 Å². The molecule has 94 valence electrons. The Labute approximate surface area is 107 Å². The van der Waals surface area contributed by atoms with Gasteiger partial charge in [-0.1, -0.05) is 3.89 Å². The Morgan fingerprint density at radius 3 is 2.59 bits per heavy atom. The SMILES string of the molecule is O=S(=O)(F)c1ncc(N2CCOCC2)cc1Br. The van der Waals surface area contributed by atoms with Crippen LogP contribution in [0.25, 0.3) is 0 Å². The van der Waals surface area contributed by atoms with E-state index in [0.717, 1.165) is 5.69 Å². The second-order valence-corrected chi connectivity index (χ2v) is 5.63. The lowest BCUT2D eigenvalue weighted by atomic mass is 10.3. The number of ether oxygens (including phenoxy) is 1. The zero-order chi connectivity index (χ0) is 12.5. The Morgan fingerprint density at radius 2 is 2.06 bits per heavy atom. The molecule has 0 aliphatic carbocycles. The fourth-order valence-electron chi connectivity index (χ4n) is 1.59. The van der Waals surface area contributed by atoms with Crippen molar-refractivity contribution in [2.45, 2.75) is 5.03 Å². The summed E-state index contributed by atoms with van der Waals surface area (Å²) in [6.45, 7) is 2.63. The number of halogens is 2. The standard InChI is InChI=1S/C9H10BrFN2O3S/c10-8-5-7(13-1-3-16-4-2-13)6-12-9(8)17(11,14)15/h5-6H,1-4H2. The monoisotopic (exact) mass is 324 g/mol. The third-order valence-corrected chi connectivity index (χ3v) is 4.05. The second-order valence-electron chi connectivity index (χ2n) is 3.52. The predicted molar refractivity (Wildman–Crippen MR) is 63.3 cm³/mol. The van der Waals surface area contributed by atoms with Crippen molar-refractivity contribution in [2.24, 2.45) is 0 Å². The first kappa shape index (κ1) is 12.7. The molecule has 0 atom stereocenters. The second kappa shape index (κ2) is 4.87. The van der Waals surface area contributed by atoms with E-state index in [1.165, 1.54) is 6.20 Å². The van der Waals surface area contributed by atoms with Crippen LogP contribution in [-0.4, -0.2) is 39.7 Å². The quantitative estimate of drug-likeness (QED) is 0.768. The van der Waals surface area contributed by atoms with Crippen LogP contribution in [0.1, 0.15) is 0 Å². The van der Waals surface area contributed by atoms with Gasteiger partial charge in [0.1, 0.15) is 0 Å². The molecule has 1 fully saturated rings. The van der Waals surface area contributed by atoms with Gasteiger partial charge >= 0.3 is 10.2 Å². The van der Waals surface area contributed by atoms with Crippen molar-refractivity contribution in [3.8, 4) is 0 Å². The number of hydrogen-bond acceptors (Lipinski definition) is 5. The molecule has 0 unspecified atom stereocenters. The molecule has 0 bridgehead atoms. The summed E-state index contributed by atoms with van der Waals surface area (Å²) in [6, 6.07) is 1.55. The number of hydrogen-bond donors (Lipinski definition) is 0. The van der Waals surface area contributed by atoms with Crippen LogP contribution < -0.4 is 4.90 Å². The highest BCUT2D eigenvalue weighted by atomic mass is 79.9. The zero-order valence-electron chi connectivity index (χ0n) is 8.77. The Morgan fingerprint density at radius 1 is 1.41 bits per heavy atom. The van der Waals surface area contributed by atoms with Gasteiger partial charge in [-0.25, -0.2) is 4.98 Å². The van der Waals surface area contributed by atoms with Crippen LogP contribution in [0.4, 0.5) is 9.57 Å². The summed E-state index contributed by atoms with van der Waals surface area (Å²) in [5, 5.41) is -0.588. The number of nitrogens with zero attached hydrogens (tertiary/aromatic N) is 2. The van der Waals surface area contributed by atoms with E-state index in [2.05, 4.69) is 20.9 Å². The van der Waals surface area contributed by atoms with Crippen LogP contribution in [0.5, 0.6) is 0 Å². The van der Waals surface area contributed by atoms with Gasteiger partial charge in [0.2, 0.25) is 5.03 Å². The lowest BCUT2D eigenvalue weighted by Crippen LogP contribution is -2.36. The van der Waals surface area contributed by atoms with E-state index < -0.39 is 15.2 Å². The molecule has 1 aromatic rings. The zero-order valence-corrected chi connectivity index (χ0v) is 11.2. The van der Waals surface area contributed by atoms with Gasteiger partial charge in [0.15, 0.2) is 0 Å². The van der Waals surface area contributed by atoms with Crippen molar-refractivity contribution >= 4 is 31.8 Å². The first-order chi connectivity index (χ1) is 7.98. The molecule has 0 aromatic carbocycles. The van der Waals surface area contributed by atoms with Gasteiger partial charge in [0.25, 0.3) is 0 Å². The Balaban J connectivity index is 2.30. The molecule has 1 aliphatic rings. The number of aromatic nitrogens is 1. The number of rotatable bonds is 2. The molecule has 2 rings (SSSR count). The number of anilines is 1. The van der Waals surface area contributed by atoms with Crippen LogP contribution in [-0.2, 0) is 15.0 Å². The van der Waals surface area contributed by atoms with E-state index in [9.17, 15) is 12.3 Å². The topological polar surface area (TPSA) is 59.5 Å². The van der Waals surface area contributed by atoms with E-state index in [4.69, 9.17) is 4.74 Å². The summed E-state index contributed by atoms with van der Waals surface area (Å²) in [5.74, 6) is 0. The molecular weight excluding hydrogens is 315 g/mol. The summed E-state index contributed by atoms with van der Waals surface area (Å²) >= 11 is 3.01. The maximum absolute atomic E-state index is 12.8. The average molecular weight is 325 g/mol. The Bertz CT molecular complexity index is 517. The summed E-state index contributed by atoms with van der Waals surface area (Å²) in [4.78, 5) is 5.63. The highest BCUT2D eigenvalue weighted by Crippen LogP contribution is 2.26. The fourth-order valence-corrected chi connectivity index (χ4v) is 2.98. The minimum absolute atomic E-state index is 0.129.